The number of thiazole rings is 4. The number of alkyl halides is 4. The Morgan fingerprint density at radius 3 is 1.04 bits per heavy atom. The summed E-state index contributed by atoms with van der Waals surface area (Å²) in [5.74, 6) is -6.13. The first-order valence-corrected chi connectivity index (χ1v) is 54.1. The largest absolute Gasteiger partial charge is 0.393 e. The molecule has 6 atom stereocenters. The zero-order valence-corrected chi connectivity index (χ0v) is 86.4. The second-order valence-corrected chi connectivity index (χ2v) is 47.9. The molecule has 14 heterocycles. The lowest BCUT2D eigenvalue weighted by atomic mass is 9.89. The summed E-state index contributed by atoms with van der Waals surface area (Å²) in [6.07, 6.45) is 13.5. The Labute approximate surface area is 823 Å². The van der Waals surface area contributed by atoms with Gasteiger partial charge in [-0.3, -0.25) is 38.4 Å². The highest BCUT2D eigenvalue weighted by Crippen LogP contribution is 2.44. The van der Waals surface area contributed by atoms with E-state index in [1.807, 2.05) is 111 Å². The minimum atomic E-state index is -3.14. The molecule has 0 radical (unpaired) electrons. The molecule has 0 aromatic carbocycles. The number of aryl methyl sites for hydroxylation is 4. The number of amides is 8. The van der Waals surface area contributed by atoms with Gasteiger partial charge in [-0.2, -0.15) is 0 Å². The molecule has 8 aliphatic rings. The molecule has 6 aliphatic heterocycles. The number of nitrogens with zero attached hydrogens (tertiary/aromatic N) is 12. The number of pyridine rings is 4. The lowest BCUT2D eigenvalue weighted by Gasteiger charge is -2.31. The highest BCUT2D eigenvalue weighted by molar-refractivity contribution is 7.93. The molecule has 754 valence electrons. The van der Waals surface area contributed by atoms with Gasteiger partial charge in [-0.25, -0.2) is 74.3 Å². The molecule has 10 N–H and O–H groups in total. The molecule has 0 unspecified atom stereocenters. The number of aliphatic hydroxyl groups excluding tert-OH is 1. The van der Waals surface area contributed by atoms with E-state index in [9.17, 15) is 83.0 Å². The van der Waals surface area contributed by atoms with E-state index in [1.54, 1.807) is 65.5 Å². The smallest absolute Gasteiger partial charge is 0.280 e. The van der Waals surface area contributed by atoms with Crippen LogP contribution in [0.1, 0.15) is 277 Å². The lowest BCUT2D eigenvalue weighted by Crippen LogP contribution is -2.52. The topological polar surface area (TPSA) is 458 Å². The first-order valence-electron chi connectivity index (χ1n) is 47.2. The van der Waals surface area contributed by atoms with Crippen LogP contribution in [0.3, 0.4) is 0 Å². The van der Waals surface area contributed by atoms with Gasteiger partial charge in [0.05, 0.1) is 79.4 Å². The van der Waals surface area contributed by atoms with Crippen molar-refractivity contribution in [3.8, 4) is 41.8 Å². The van der Waals surface area contributed by atoms with Crippen LogP contribution in [-0.2, 0) is 19.7 Å². The zero-order chi connectivity index (χ0) is 101. The molecule has 34 nitrogen and oxygen atoms in total. The third-order valence-electron chi connectivity index (χ3n) is 25.7. The number of sulfone groups is 2. The first-order chi connectivity index (χ1) is 65.2. The number of hydrogen-bond acceptors (Lipinski definition) is 30. The molecule has 2 aliphatic carbocycles. The van der Waals surface area contributed by atoms with Gasteiger partial charge in [0.25, 0.3) is 59.1 Å². The molecule has 139 heavy (non-hydrogen) atoms. The minimum absolute atomic E-state index is 0.0111. The number of likely N-dealkylation sites (tertiary alicyclic amines) is 4. The molecule has 8 amide bonds. The number of anilines is 4. The van der Waals surface area contributed by atoms with Gasteiger partial charge < -0.3 is 72.3 Å². The van der Waals surface area contributed by atoms with Crippen LogP contribution in [0.25, 0.3) is 41.8 Å². The van der Waals surface area contributed by atoms with Crippen molar-refractivity contribution in [1.82, 2.24) is 80.7 Å². The number of carbonyl (C=O) groups is 8. The normalized spacial score (nSPS) is 21.2. The van der Waals surface area contributed by atoms with Crippen molar-refractivity contribution >= 4 is 136 Å². The number of aliphatic hydroxyl groups is 2. The van der Waals surface area contributed by atoms with Crippen molar-refractivity contribution in [3.63, 3.8) is 0 Å². The van der Waals surface area contributed by atoms with Crippen LogP contribution >= 0.6 is 45.3 Å². The first kappa shape index (κ1) is 106. The Morgan fingerprint density at radius 1 is 0.439 bits per heavy atom. The van der Waals surface area contributed by atoms with E-state index < -0.39 is 111 Å². The fraction of sp³-hybridized carbons (Fsp3) is 0.579. The Morgan fingerprint density at radius 2 is 0.755 bits per heavy atom. The van der Waals surface area contributed by atoms with Crippen molar-refractivity contribution in [2.24, 2.45) is 5.92 Å². The molecule has 8 aromatic heterocycles. The third kappa shape index (κ3) is 26.3. The Hall–Kier alpha value is -10.4. The van der Waals surface area contributed by atoms with E-state index in [-0.39, 0.29) is 132 Å². The van der Waals surface area contributed by atoms with Crippen molar-refractivity contribution in [1.29, 1.82) is 0 Å². The van der Waals surface area contributed by atoms with E-state index in [4.69, 9.17) is 0 Å². The molecule has 0 spiro atoms. The number of carbonyl (C=O) groups excluding carboxylic acids is 8. The van der Waals surface area contributed by atoms with E-state index >= 15 is 0 Å². The van der Waals surface area contributed by atoms with Crippen LogP contribution in [0.4, 0.5) is 40.8 Å². The molecule has 2 saturated carbocycles. The zero-order valence-electron chi connectivity index (χ0n) is 81.5. The van der Waals surface area contributed by atoms with Gasteiger partial charge in [-0.15, -0.1) is 45.3 Å². The van der Waals surface area contributed by atoms with Crippen LogP contribution < -0.4 is 42.5 Å². The summed E-state index contributed by atoms with van der Waals surface area (Å²) in [4.78, 5) is 149. The second kappa shape index (κ2) is 43.2. The average molecular weight is 2040 g/mol. The monoisotopic (exact) mass is 2040 g/mol. The average Bonchev–Trinajstić information content (AvgIpc) is 1.63. The number of rotatable bonds is 26. The highest BCUT2D eigenvalue weighted by Gasteiger charge is 2.49. The summed E-state index contributed by atoms with van der Waals surface area (Å²) >= 11 is 4.37. The van der Waals surface area contributed by atoms with Gasteiger partial charge in [0, 0.05) is 133 Å². The lowest BCUT2D eigenvalue weighted by molar-refractivity contribution is 0.0115. The second-order valence-electron chi connectivity index (χ2n) is 39.4. The van der Waals surface area contributed by atoms with E-state index in [1.165, 1.54) is 35.5 Å². The predicted octanol–water partition coefficient (Wildman–Crippen LogP) is 13.7. The number of aromatic nitrogens is 8. The van der Waals surface area contributed by atoms with Gasteiger partial charge in [-0.05, 0) is 241 Å². The SMILES string of the molecule is Cc1cc(NC(C)C)ncc1-c1sc(C(=O)NC2CC(O)C2)nc1C(=O)N1CCC[C@@H]1C.Cc1cc(NC(C)C)ncc1-c1sc(C(=O)NC2CCS(=O)(=O)CC2)nc1C(=O)N1CCC[C@@H]1C.Cc1cc(NC(C)C)ncc1-c1sc(C(=O)NC2CS(=O)(=O)C2)nc1C(=O)N1CC(F)(F)C[C@@H]1C.Cc1cc(N[C@@H](C)C2CC2)ncc1-c1sc(C(=O)N[C@@H](C)C(C)(C)O)nc1C(=O)N1CC(F)(F)C[C@@H]1C. The van der Waals surface area contributed by atoms with Crippen LogP contribution in [0.15, 0.2) is 49.1 Å². The van der Waals surface area contributed by atoms with Gasteiger partial charge in [0.15, 0.2) is 29.9 Å². The Kier molecular flexibility index (Phi) is 32.9. The summed E-state index contributed by atoms with van der Waals surface area (Å²) in [6, 6.07) is 6.03. The summed E-state index contributed by atoms with van der Waals surface area (Å²) in [5.41, 5.74) is 5.49. The van der Waals surface area contributed by atoms with E-state index in [0.717, 1.165) is 103 Å². The van der Waals surface area contributed by atoms with Crippen molar-refractivity contribution in [3.05, 3.63) is 114 Å². The number of halogens is 4. The van der Waals surface area contributed by atoms with Crippen LogP contribution in [0.2, 0.25) is 0 Å². The quantitative estimate of drug-likeness (QED) is 0.0225. The fourth-order valence-corrected chi connectivity index (χ4v) is 24.4. The molecular formula is C95H126F4N20O14S6. The van der Waals surface area contributed by atoms with Gasteiger partial charge in [-0.1, -0.05) is 0 Å². The van der Waals surface area contributed by atoms with Crippen LogP contribution in [-0.4, -0.2) is 279 Å². The summed E-state index contributed by atoms with van der Waals surface area (Å²) in [7, 11) is -6.17. The van der Waals surface area contributed by atoms with Crippen LogP contribution in [0.5, 0.6) is 0 Å². The molecule has 44 heteroatoms. The van der Waals surface area contributed by atoms with Crippen molar-refractivity contribution < 1.29 is 83.0 Å². The maximum absolute atomic E-state index is 14.1. The van der Waals surface area contributed by atoms with Crippen molar-refractivity contribution in [2.45, 2.75) is 298 Å². The molecule has 8 fully saturated rings. The van der Waals surface area contributed by atoms with Crippen LogP contribution in [0, 0.1) is 33.6 Å². The fourth-order valence-electron chi connectivity index (χ4n) is 17.5. The molecule has 8 aromatic rings. The molecule has 6 saturated heterocycles. The summed E-state index contributed by atoms with van der Waals surface area (Å²) < 4.78 is 102. The van der Waals surface area contributed by atoms with Gasteiger partial charge in [0.2, 0.25) is 0 Å². The molecule has 0 bridgehead atoms. The highest BCUT2D eigenvalue weighted by atomic mass is 32.2. The maximum Gasteiger partial charge on any atom is 0.280 e. The van der Waals surface area contributed by atoms with Gasteiger partial charge >= 0.3 is 0 Å². The summed E-state index contributed by atoms with van der Waals surface area (Å²) in [5, 5.41) is 44.5. The maximum atomic E-state index is 14.1. The molecular weight excluding hydrogens is 1910 g/mol. The molecule has 16 rings (SSSR count). The standard InChI is InChI=1S/C26H35F2N5O3S.C24H33N5O4S2.C23H31N5O3S.C22H27F2N5O4S2/c1-13-9-19(30-15(3)17-7-8-17)29-11-18(13)21-20(24(35)33-12-26(27,28)10-14(33)2)32-23(37-21)22(34)31-16(4)25(5,6)36;1-14(2)26-19-12-15(3)18(13-25-19)21-20(24(31)29-9-5-6-16(29)4)28-23(34-21)22(30)27-17-7-10-35(32,33)11-8-17;1-12(2)25-18-8-13(3)17(11-24-18)20-19(23(31)28-7-5-6-14(28)4)27-22(32-20)21(30)26-15-9-16(29)10-15;1-11(2)26-16-5-12(3)15(7-25-16)18-17(21(31)29-10-22(23,24)6-13(29)4)28-20(34-18)19(30)27-14-8-35(32,33)9-14/h9,11,14-17,36H,7-8,10,12H2,1-6H3,(H,29,30)(H,31,34);12-14,16-17H,5-11H2,1-4H3,(H,25,26)(H,27,30);8,11-12,14-16,29H,5-7,9-10H2,1-4H3,(H,24,25)(H,26,30);5,7,11,13-14H,6,8-10H2,1-4H3,(H,25,26)(H,27,30)/t14-,15-,16-;16-;14-,15?,16?;13-/m0000/s1. The number of hydrogen-bond donors (Lipinski definition) is 10. The Bertz CT molecular complexity index is 6150. The third-order valence-corrected chi connectivity index (χ3v) is 33.6. The Balaban J connectivity index is 0.000000156. The predicted molar refractivity (Wildman–Crippen MR) is 531 cm³/mol. The number of nitrogens with one attached hydrogen (secondary N) is 8. The summed E-state index contributed by atoms with van der Waals surface area (Å²) in [6.45, 7) is 33.8. The van der Waals surface area contributed by atoms with Gasteiger partial charge in [0.1, 0.15) is 55.9 Å². The minimum Gasteiger partial charge on any atom is -0.393 e. The van der Waals surface area contributed by atoms with E-state index in [2.05, 4.69) is 89.3 Å². The van der Waals surface area contributed by atoms with Crippen molar-refractivity contribution in [2.75, 3.05) is 70.5 Å². The van der Waals surface area contributed by atoms with E-state index in [0.29, 0.717) is 98.7 Å².